The number of aromatic nitrogens is 1. The van der Waals surface area contributed by atoms with Gasteiger partial charge < -0.3 is 10.6 Å². The molecule has 0 radical (unpaired) electrons. The van der Waals surface area contributed by atoms with Gasteiger partial charge in [0.15, 0.2) is 0 Å². The lowest BCUT2D eigenvalue weighted by Crippen LogP contribution is -2.21. The molecule has 2 aromatic rings. The van der Waals surface area contributed by atoms with Gasteiger partial charge in [-0.2, -0.15) is 5.26 Å². The van der Waals surface area contributed by atoms with E-state index in [0.29, 0.717) is 30.8 Å². The minimum Gasteiger partial charge on any atom is -0.326 e. The van der Waals surface area contributed by atoms with Gasteiger partial charge in [0.1, 0.15) is 0 Å². The Morgan fingerprint density at radius 1 is 1.24 bits per heavy atom. The first-order chi connectivity index (χ1) is 10.3. The van der Waals surface area contributed by atoms with Crippen LogP contribution >= 0.6 is 0 Å². The van der Waals surface area contributed by atoms with Gasteiger partial charge in [-0.15, -0.1) is 0 Å². The predicted octanol–water partition coefficient (Wildman–Crippen LogP) is 2.07. The van der Waals surface area contributed by atoms with Crippen LogP contribution in [0.25, 0.3) is 0 Å². The van der Waals surface area contributed by atoms with Crippen molar-refractivity contribution in [3.8, 4) is 6.07 Å². The van der Waals surface area contributed by atoms with E-state index in [-0.39, 0.29) is 5.91 Å². The lowest BCUT2D eigenvalue weighted by atomic mass is 10.2. The molecular weight excluding hydrogens is 264 g/mol. The summed E-state index contributed by atoms with van der Waals surface area (Å²) in [5.74, 6) is -0.0846. The second kappa shape index (κ2) is 7.78. The first-order valence-electron chi connectivity index (χ1n) is 6.68. The molecule has 0 unspecified atom stereocenters. The largest absolute Gasteiger partial charge is 0.326 e. The zero-order chi connectivity index (χ0) is 14.9. The Morgan fingerprint density at radius 3 is 2.90 bits per heavy atom. The quantitative estimate of drug-likeness (QED) is 0.794. The highest BCUT2D eigenvalue weighted by Gasteiger charge is 2.03. The Balaban J connectivity index is 1.71. The van der Waals surface area contributed by atoms with Crippen LogP contribution in [-0.2, 0) is 11.3 Å². The molecule has 2 N–H and O–H groups in total. The van der Waals surface area contributed by atoms with Crippen molar-refractivity contribution in [2.75, 3.05) is 11.9 Å². The van der Waals surface area contributed by atoms with Crippen molar-refractivity contribution in [2.24, 2.45) is 0 Å². The van der Waals surface area contributed by atoms with Crippen LogP contribution in [0.3, 0.4) is 0 Å². The number of hydrogen-bond acceptors (Lipinski definition) is 4. The second-order valence-corrected chi connectivity index (χ2v) is 4.49. The standard InChI is InChI=1S/C16H16N4O/c17-11-13-4-3-6-14(10-13)20-16(21)7-9-18-12-15-5-1-2-8-19-15/h1-6,8,10,18H,7,9,12H2,(H,20,21). The molecule has 0 bridgehead atoms. The Bertz CT molecular complexity index is 634. The topological polar surface area (TPSA) is 77.8 Å². The van der Waals surface area contributed by atoms with E-state index in [2.05, 4.69) is 15.6 Å². The molecule has 0 aliphatic carbocycles. The fraction of sp³-hybridized carbons (Fsp3) is 0.188. The summed E-state index contributed by atoms with van der Waals surface area (Å²) >= 11 is 0. The highest BCUT2D eigenvalue weighted by molar-refractivity contribution is 5.90. The third-order valence-corrected chi connectivity index (χ3v) is 2.84. The first-order valence-corrected chi connectivity index (χ1v) is 6.68. The molecule has 1 amide bonds. The van der Waals surface area contributed by atoms with Crippen molar-refractivity contribution >= 4 is 11.6 Å². The number of carbonyl (C=O) groups excluding carboxylic acids is 1. The molecule has 2 rings (SSSR count). The van der Waals surface area contributed by atoms with E-state index in [4.69, 9.17) is 5.26 Å². The van der Waals surface area contributed by atoms with Crippen LogP contribution in [0.4, 0.5) is 5.69 Å². The summed E-state index contributed by atoms with van der Waals surface area (Å²) in [7, 11) is 0. The van der Waals surface area contributed by atoms with Crippen LogP contribution in [0.5, 0.6) is 0 Å². The molecule has 1 aromatic heterocycles. The maximum absolute atomic E-state index is 11.8. The van der Waals surface area contributed by atoms with Gasteiger partial charge in [0.2, 0.25) is 5.91 Å². The lowest BCUT2D eigenvalue weighted by Gasteiger charge is -2.06. The van der Waals surface area contributed by atoms with E-state index in [1.54, 1.807) is 30.5 Å². The number of amides is 1. The van der Waals surface area contributed by atoms with E-state index in [0.717, 1.165) is 5.69 Å². The van der Waals surface area contributed by atoms with Gasteiger partial charge in [-0.05, 0) is 30.3 Å². The van der Waals surface area contributed by atoms with Crippen molar-refractivity contribution in [3.05, 3.63) is 59.9 Å². The molecule has 1 heterocycles. The van der Waals surface area contributed by atoms with Crippen molar-refractivity contribution in [1.29, 1.82) is 5.26 Å². The lowest BCUT2D eigenvalue weighted by molar-refractivity contribution is -0.116. The zero-order valence-corrected chi connectivity index (χ0v) is 11.5. The van der Waals surface area contributed by atoms with Gasteiger partial charge in [0.25, 0.3) is 0 Å². The van der Waals surface area contributed by atoms with Gasteiger partial charge in [-0.3, -0.25) is 9.78 Å². The van der Waals surface area contributed by atoms with Gasteiger partial charge in [-0.1, -0.05) is 12.1 Å². The summed E-state index contributed by atoms with van der Waals surface area (Å²) in [4.78, 5) is 16.0. The van der Waals surface area contributed by atoms with Crippen LogP contribution in [0.2, 0.25) is 0 Å². The number of hydrogen-bond donors (Lipinski definition) is 2. The van der Waals surface area contributed by atoms with Gasteiger partial charge in [0.05, 0.1) is 17.3 Å². The molecule has 0 atom stereocenters. The average molecular weight is 280 g/mol. The van der Waals surface area contributed by atoms with Gasteiger partial charge in [-0.25, -0.2) is 0 Å². The number of nitrogens with one attached hydrogen (secondary N) is 2. The monoisotopic (exact) mass is 280 g/mol. The van der Waals surface area contributed by atoms with Crippen LogP contribution < -0.4 is 10.6 Å². The highest BCUT2D eigenvalue weighted by atomic mass is 16.1. The minimum absolute atomic E-state index is 0.0846. The number of pyridine rings is 1. The minimum atomic E-state index is -0.0846. The summed E-state index contributed by atoms with van der Waals surface area (Å²) in [6, 6.07) is 14.6. The highest BCUT2D eigenvalue weighted by Crippen LogP contribution is 2.09. The number of nitriles is 1. The zero-order valence-electron chi connectivity index (χ0n) is 11.5. The molecule has 0 aliphatic rings. The molecule has 0 fully saturated rings. The number of anilines is 1. The molecule has 0 saturated heterocycles. The summed E-state index contributed by atoms with van der Waals surface area (Å²) < 4.78 is 0. The Labute approximate surface area is 123 Å². The van der Waals surface area contributed by atoms with Gasteiger partial charge >= 0.3 is 0 Å². The number of rotatable bonds is 6. The maximum Gasteiger partial charge on any atom is 0.225 e. The maximum atomic E-state index is 11.8. The average Bonchev–Trinajstić information content (AvgIpc) is 2.53. The second-order valence-electron chi connectivity index (χ2n) is 4.49. The summed E-state index contributed by atoms with van der Waals surface area (Å²) in [5.41, 5.74) is 2.12. The fourth-order valence-corrected chi connectivity index (χ4v) is 1.81. The smallest absolute Gasteiger partial charge is 0.225 e. The van der Waals surface area contributed by atoms with Crippen LogP contribution in [0.15, 0.2) is 48.7 Å². The summed E-state index contributed by atoms with van der Waals surface area (Å²) in [6.45, 7) is 1.21. The van der Waals surface area contributed by atoms with Crippen molar-refractivity contribution in [3.63, 3.8) is 0 Å². The van der Waals surface area contributed by atoms with Gasteiger partial charge in [0, 0.05) is 31.4 Å². The van der Waals surface area contributed by atoms with Crippen LogP contribution in [-0.4, -0.2) is 17.4 Å². The number of carbonyl (C=O) groups is 1. The fourth-order valence-electron chi connectivity index (χ4n) is 1.81. The number of benzene rings is 1. The molecule has 5 heteroatoms. The van der Waals surface area contributed by atoms with Crippen LogP contribution in [0, 0.1) is 11.3 Å². The molecule has 5 nitrogen and oxygen atoms in total. The van der Waals surface area contributed by atoms with Crippen molar-refractivity contribution in [2.45, 2.75) is 13.0 Å². The summed E-state index contributed by atoms with van der Waals surface area (Å²) in [5, 5.41) is 14.7. The van der Waals surface area contributed by atoms with E-state index in [1.807, 2.05) is 24.3 Å². The molecule has 21 heavy (non-hydrogen) atoms. The van der Waals surface area contributed by atoms with E-state index in [9.17, 15) is 4.79 Å². The SMILES string of the molecule is N#Cc1cccc(NC(=O)CCNCc2ccccn2)c1. The summed E-state index contributed by atoms with van der Waals surface area (Å²) in [6.07, 6.45) is 2.11. The Hall–Kier alpha value is -2.71. The normalized spacial score (nSPS) is 9.86. The van der Waals surface area contributed by atoms with E-state index >= 15 is 0 Å². The molecule has 0 spiro atoms. The van der Waals surface area contributed by atoms with Crippen LogP contribution in [0.1, 0.15) is 17.7 Å². The molecule has 1 aromatic carbocycles. The molecular formula is C16H16N4O. The third-order valence-electron chi connectivity index (χ3n) is 2.84. The third kappa shape index (κ3) is 5.05. The van der Waals surface area contributed by atoms with E-state index < -0.39 is 0 Å². The Kier molecular flexibility index (Phi) is 5.44. The van der Waals surface area contributed by atoms with Crippen molar-refractivity contribution in [1.82, 2.24) is 10.3 Å². The Morgan fingerprint density at radius 2 is 2.14 bits per heavy atom. The van der Waals surface area contributed by atoms with Crippen molar-refractivity contribution < 1.29 is 4.79 Å². The predicted molar refractivity (Wildman–Crippen MR) is 80.3 cm³/mol. The van der Waals surface area contributed by atoms with E-state index in [1.165, 1.54) is 0 Å². The molecule has 0 aliphatic heterocycles. The number of nitrogens with zero attached hydrogens (tertiary/aromatic N) is 2. The molecule has 106 valence electrons. The molecule has 0 saturated carbocycles. The first kappa shape index (κ1) is 14.7.